The first-order chi connectivity index (χ1) is 7.45. The van der Waals surface area contributed by atoms with Crippen LogP contribution in [0.2, 0.25) is 0 Å². The van der Waals surface area contributed by atoms with Crippen LogP contribution in [0.25, 0.3) is 0 Å². The van der Waals surface area contributed by atoms with Crippen LogP contribution in [0.3, 0.4) is 0 Å². The van der Waals surface area contributed by atoms with E-state index in [4.69, 9.17) is 15.6 Å². The molecule has 0 saturated carbocycles. The maximum atomic E-state index is 11.5. The average Bonchev–Trinajstić information content (AvgIpc) is 2.17. The third-order valence-electron chi connectivity index (χ3n) is 2.04. The Labute approximate surface area is 94.8 Å². The quantitative estimate of drug-likeness (QED) is 0.733. The highest BCUT2D eigenvalue weighted by Gasteiger charge is 2.21. The number of rotatable bonds is 5. The number of benzene rings is 1. The van der Waals surface area contributed by atoms with Gasteiger partial charge in [-0.2, -0.15) is 0 Å². The lowest BCUT2D eigenvalue weighted by Crippen LogP contribution is -2.28. The van der Waals surface area contributed by atoms with Crippen molar-refractivity contribution in [2.75, 3.05) is 18.1 Å². The number of hydrogen-bond acceptors (Lipinski definition) is 5. The lowest BCUT2D eigenvalue weighted by Gasteiger charge is -2.14. The number of anilines is 1. The molecule has 0 saturated heterocycles. The van der Waals surface area contributed by atoms with Gasteiger partial charge >= 0.3 is 0 Å². The molecule has 0 aromatic heterocycles. The van der Waals surface area contributed by atoms with Gasteiger partial charge in [-0.1, -0.05) is 6.07 Å². The van der Waals surface area contributed by atoms with Crippen molar-refractivity contribution in [3.05, 3.63) is 24.3 Å². The second kappa shape index (κ2) is 5.18. The summed E-state index contributed by atoms with van der Waals surface area (Å²) in [5.74, 6) is 0.0882. The van der Waals surface area contributed by atoms with Crippen molar-refractivity contribution < 1.29 is 18.3 Å². The Morgan fingerprint density at radius 1 is 1.50 bits per heavy atom. The van der Waals surface area contributed by atoms with Gasteiger partial charge in [0, 0.05) is 11.8 Å². The molecule has 0 radical (unpaired) electrons. The van der Waals surface area contributed by atoms with E-state index in [1.54, 1.807) is 24.3 Å². The van der Waals surface area contributed by atoms with Crippen molar-refractivity contribution in [2.45, 2.75) is 12.4 Å². The van der Waals surface area contributed by atoms with Gasteiger partial charge < -0.3 is 15.6 Å². The molecule has 0 fully saturated rings. The van der Waals surface area contributed by atoms with Gasteiger partial charge in [-0.15, -0.1) is 0 Å². The largest absolute Gasteiger partial charge is 0.475 e. The predicted octanol–water partition coefficient (Wildman–Crippen LogP) is 0.401. The molecule has 5 nitrogen and oxygen atoms in total. The number of nitrogens with two attached hydrogens (primary N) is 1. The number of sulfone groups is 1. The minimum atomic E-state index is -3.43. The summed E-state index contributed by atoms with van der Waals surface area (Å²) in [5, 5.41) is 8.61. The molecule has 1 aromatic rings. The summed E-state index contributed by atoms with van der Waals surface area (Å²) in [6, 6.07) is 6.53. The van der Waals surface area contributed by atoms with Gasteiger partial charge in [-0.05, 0) is 19.1 Å². The van der Waals surface area contributed by atoms with E-state index in [2.05, 4.69) is 0 Å². The lowest BCUT2D eigenvalue weighted by molar-refractivity contribution is 0.284. The molecule has 0 aliphatic rings. The van der Waals surface area contributed by atoms with Crippen LogP contribution in [-0.2, 0) is 9.84 Å². The van der Waals surface area contributed by atoms with E-state index < -0.39 is 21.9 Å². The molecule has 6 heteroatoms. The van der Waals surface area contributed by atoms with E-state index >= 15 is 0 Å². The van der Waals surface area contributed by atoms with Gasteiger partial charge in [0.05, 0.1) is 12.4 Å². The van der Waals surface area contributed by atoms with Crippen LogP contribution in [0.1, 0.15) is 6.92 Å². The van der Waals surface area contributed by atoms with Crippen LogP contribution in [-0.4, -0.2) is 31.3 Å². The molecule has 0 aliphatic heterocycles. The number of hydrogen-bond donors (Lipinski definition) is 2. The fourth-order valence-corrected chi connectivity index (χ4v) is 1.99. The maximum Gasteiger partial charge on any atom is 0.196 e. The summed E-state index contributed by atoms with van der Waals surface area (Å²) in [7, 11) is -3.43. The molecule has 16 heavy (non-hydrogen) atoms. The topological polar surface area (TPSA) is 89.6 Å². The first-order valence-electron chi connectivity index (χ1n) is 4.80. The Bertz CT molecular complexity index is 444. The van der Waals surface area contributed by atoms with Crippen LogP contribution in [0, 0.1) is 0 Å². The molecule has 0 heterocycles. The molecule has 0 amide bonds. The second-order valence-corrected chi connectivity index (χ2v) is 5.75. The zero-order valence-electron chi connectivity index (χ0n) is 8.96. The summed E-state index contributed by atoms with van der Waals surface area (Å²) in [6.45, 7) is 1.02. The molecule has 0 aliphatic carbocycles. The highest BCUT2D eigenvalue weighted by molar-refractivity contribution is 7.91. The molecule has 1 aromatic carbocycles. The summed E-state index contributed by atoms with van der Waals surface area (Å²) in [5.41, 5.74) is 5.04. The first-order valence-corrected chi connectivity index (χ1v) is 6.52. The fourth-order valence-electron chi connectivity index (χ4n) is 1.15. The van der Waals surface area contributed by atoms with Gasteiger partial charge in [0.25, 0.3) is 0 Å². The van der Waals surface area contributed by atoms with Crippen LogP contribution in [0.15, 0.2) is 24.3 Å². The highest BCUT2D eigenvalue weighted by Crippen LogP contribution is 2.17. The minimum absolute atomic E-state index is 0.309. The van der Waals surface area contributed by atoms with E-state index in [-0.39, 0.29) is 5.75 Å². The molecule has 1 unspecified atom stereocenters. The van der Waals surface area contributed by atoms with Gasteiger partial charge in [0.1, 0.15) is 5.75 Å². The molecule has 3 N–H and O–H groups in total. The van der Waals surface area contributed by atoms with Crippen LogP contribution < -0.4 is 10.5 Å². The zero-order chi connectivity index (χ0) is 12.2. The highest BCUT2D eigenvalue weighted by atomic mass is 32.2. The van der Waals surface area contributed by atoms with Gasteiger partial charge in [0.15, 0.2) is 15.3 Å². The summed E-state index contributed by atoms with van der Waals surface area (Å²) < 4.78 is 28.2. The normalized spacial score (nSPS) is 13.4. The maximum absolute atomic E-state index is 11.5. The summed E-state index contributed by atoms with van der Waals surface area (Å²) in [6.07, 6.45) is 0. The van der Waals surface area contributed by atoms with Crippen LogP contribution >= 0.6 is 0 Å². The number of aliphatic hydroxyl groups is 1. The average molecular weight is 245 g/mol. The van der Waals surface area contributed by atoms with Crippen molar-refractivity contribution >= 4 is 15.5 Å². The Hall–Kier alpha value is -1.27. The first kappa shape index (κ1) is 12.8. The fraction of sp³-hybridized carbons (Fsp3) is 0.400. The van der Waals surface area contributed by atoms with Crippen molar-refractivity contribution in [3.63, 3.8) is 0 Å². The number of ether oxygens (including phenoxy) is 1. The Morgan fingerprint density at radius 2 is 2.19 bits per heavy atom. The Balaban J connectivity index is 2.75. The third kappa shape index (κ3) is 3.39. The van der Waals surface area contributed by atoms with E-state index in [9.17, 15) is 8.42 Å². The van der Waals surface area contributed by atoms with Crippen LogP contribution in [0.4, 0.5) is 5.69 Å². The zero-order valence-corrected chi connectivity index (χ0v) is 9.78. The van der Waals surface area contributed by atoms with Crippen molar-refractivity contribution in [3.8, 4) is 5.75 Å². The molecule has 0 bridgehead atoms. The predicted molar refractivity (Wildman–Crippen MR) is 61.8 cm³/mol. The SMILES string of the molecule is CC(Oc1cccc(N)c1)S(=O)(=O)CCO. The van der Waals surface area contributed by atoms with Crippen molar-refractivity contribution in [2.24, 2.45) is 0 Å². The standard InChI is InChI=1S/C10H15NO4S/c1-8(16(13,14)6-5-12)15-10-4-2-3-9(11)7-10/h2-4,7-8,12H,5-6,11H2,1H3. The van der Waals surface area contributed by atoms with Gasteiger partial charge in [0.2, 0.25) is 0 Å². The van der Waals surface area contributed by atoms with Crippen molar-refractivity contribution in [1.82, 2.24) is 0 Å². The van der Waals surface area contributed by atoms with Crippen molar-refractivity contribution in [1.29, 1.82) is 0 Å². The van der Waals surface area contributed by atoms with E-state index in [1.807, 2.05) is 0 Å². The Morgan fingerprint density at radius 3 is 2.75 bits per heavy atom. The molecule has 1 rings (SSSR count). The number of nitrogen functional groups attached to an aromatic ring is 1. The molecule has 0 spiro atoms. The second-order valence-electron chi connectivity index (χ2n) is 3.35. The van der Waals surface area contributed by atoms with Gasteiger partial charge in [-0.25, -0.2) is 8.42 Å². The molecular formula is C10H15NO4S. The lowest BCUT2D eigenvalue weighted by atomic mass is 10.3. The molecular weight excluding hydrogens is 230 g/mol. The van der Waals surface area contributed by atoms with E-state index in [0.717, 1.165) is 0 Å². The third-order valence-corrected chi connectivity index (χ3v) is 3.90. The molecule has 1 atom stereocenters. The molecule has 90 valence electrons. The monoisotopic (exact) mass is 245 g/mol. The summed E-state index contributed by atoms with van der Waals surface area (Å²) >= 11 is 0. The number of aliphatic hydroxyl groups excluding tert-OH is 1. The van der Waals surface area contributed by atoms with Gasteiger partial charge in [-0.3, -0.25) is 0 Å². The van der Waals surface area contributed by atoms with E-state index in [0.29, 0.717) is 11.4 Å². The Kier molecular flexibility index (Phi) is 4.14. The summed E-state index contributed by atoms with van der Waals surface area (Å²) in [4.78, 5) is 0. The smallest absolute Gasteiger partial charge is 0.196 e. The van der Waals surface area contributed by atoms with Crippen LogP contribution in [0.5, 0.6) is 5.75 Å². The van der Waals surface area contributed by atoms with E-state index in [1.165, 1.54) is 6.92 Å². The minimum Gasteiger partial charge on any atom is -0.475 e.